The van der Waals surface area contributed by atoms with Gasteiger partial charge in [0.25, 0.3) is 0 Å². The molecular formula is C13H19F2N3. The quantitative estimate of drug-likeness (QED) is 0.882. The molecule has 0 amide bonds. The van der Waals surface area contributed by atoms with E-state index in [9.17, 15) is 8.78 Å². The molecule has 1 saturated heterocycles. The van der Waals surface area contributed by atoms with Crippen molar-refractivity contribution >= 4 is 5.69 Å². The Hall–Kier alpha value is -1.20. The van der Waals surface area contributed by atoms with Crippen molar-refractivity contribution < 1.29 is 8.78 Å². The Morgan fingerprint density at radius 2 is 1.67 bits per heavy atom. The van der Waals surface area contributed by atoms with E-state index in [1.54, 1.807) is 0 Å². The highest BCUT2D eigenvalue weighted by molar-refractivity contribution is 5.43. The molecule has 1 aromatic rings. The van der Waals surface area contributed by atoms with Crippen molar-refractivity contribution in [3.05, 3.63) is 29.8 Å². The summed E-state index contributed by atoms with van der Waals surface area (Å²) in [6.07, 6.45) is 0. The Kier molecular flexibility index (Phi) is 4.49. The average Bonchev–Trinajstić information content (AvgIpc) is 2.30. The van der Waals surface area contributed by atoms with Crippen LogP contribution in [0, 0.1) is 11.6 Å². The molecule has 0 radical (unpaired) electrons. The standard InChI is InChI=1S/C13H19F2N3/c1-17-4-6-18(7-5-17)3-2-16-13-9-11(14)8-12(15)10-13/h8-10,16H,2-7H2,1H3. The van der Waals surface area contributed by atoms with Crippen LogP contribution in [0.1, 0.15) is 0 Å². The molecule has 1 aromatic carbocycles. The molecule has 1 aliphatic heterocycles. The number of likely N-dealkylation sites (N-methyl/N-ethyl adjacent to an activating group) is 1. The van der Waals surface area contributed by atoms with E-state index in [1.165, 1.54) is 12.1 Å². The highest BCUT2D eigenvalue weighted by atomic mass is 19.1. The van der Waals surface area contributed by atoms with Crippen LogP contribution < -0.4 is 5.32 Å². The van der Waals surface area contributed by atoms with Gasteiger partial charge in [0.15, 0.2) is 0 Å². The lowest BCUT2D eigenvalue weighted by Gasteiger charge is -2.32. The first kappa shape index (κ1) is 13.2. The first-order chi connectivity index (χ1) is 8.63. The van der Waals surface area contributed by atoms with Crippen molar-refractivity contribution in [3.8, 4) is 0 Å². The van der Waals surface area contributed by atoms with Crippen molar-refractivity contribution in [2.75, 3.05) is 51.6 Å². The number of anilines is 1. The van der Waals surface area contributed by atoms with E-state index in [0.29, 0.717) is 12.2 Å². The van der Waals surface area contributed by atoms with Crippen LogP contribution in [0.2, 0.25) is 0 Å². The number of hydrogen-bond acceptors (Lipinski definition) is 3. The van der Waals surface area contributed by atoms with Gasteiger partial charge in [0.2, 0.25) is 0 Å². The molecule has 0 unspecified atom stereocenters. The van der Waals surface area contributed by atoms with Crippen molar-refractivity contribution in [2.24, 2.45) is 0 Å². The number of benzene rings is 1. The second kappa shape index (κ2) is 6.11. The fourth-order valence-corrected chi connectivity index (χ4v) is 2.09. The molecule has 1 fully saturated rings. The topological polar surface area (TPSA) is 18.5 Å². The van der Waals surface area contributed by atoms with Crippen molar-refractivity contribution in [1.82, 2.24) is 9.80 Å². The van der Waals surface area contributed by atoms with Crippen LogP contribution in [-0.2, 0) is 0 Å². The van der Waals surface area contributed by atoms with Crippen LogP contribution in [0.15, 0.2) is 18.2 Å². The molecule has 1 heterocycles. The molecule has 0 spiro atoms. The maximum atomic E-state index is 13.0. The zero-order chi connectivity index (χ0) is 13.0. The molecule has 1 N–H and O–H groups in total. The average molecular weight is 255 g/mol. The van der Waals surface area contributed by atoms with Gasteiger partial charge in [-0.05, 0) is 19.2 Å². The highest BCUT2D eigenvalue weighted by Gasteiger charge is 2.12. The Bertz CT molecular complexity index is 370. The minimum absolute atomic E-state index is 0.502. The predicted octanol–water partition coefficient (Wildman–Crippen LogP) is 1.62. The normalized spacial score (nSPS) is 17.9. The zero-order valence-corrected chi connectivity index (χ0v) is 10.6. The second-order valence-corrected chi connectivity index (χ2v) is 4.73. The lowest BCUT2D eigenvalue weighted by molar-refractivity contribution is 0.158. The van der Waals surface area contributed by atoms with E-state index >= 15 is 0 Å². The molecule has 0 aliphatic carbocycles. The highest BCUT2D eigenvalue weighted by Crippen LogP contribution is 2.12. The molecule has 0 aromatic heterocycles. The number of rotatable bonds is 4. The van der Waals surface area contributed by atoms with E-state index in [4.69, 9.17) is 0 Å². The predicted molar refractivity (Wildman–Crippen MR) is 68.8 cm³/mol. The summed E-state index contributed by atoms with van der Waals surface area (Å²) in [6.45, 7) is 5.85. The van der Waals surface area contributed by atoms with E-state index in [-0.39, 0.29) is 0 Å². The summed E-state index contributed by atoms with van der Waals surface area (Å²) in [5, 5.41) is 3.05. The molecular weight excluding hydrogens is 236 g/mol. The van der Waals surface area contributed by atoms with Crippen molar-refractivity contribution in [2.45, 2.75) is 0 Å². The lowest BCUT2D eigenvalue weighted by Crippen LogP contribution is -2.45. The molecule has 100 valence electrons. The fraction of sp³-hybridized carbons (Fsp3) is 0.538. The summed E-state index contributed by atoms with van der Waals surface area (Å²) in [5.74, 6) is -1.09. The molecule has 0 saturated carbocycles. The summed E-state index contributed by atoms with van der Waals surface area (Å²) in [6, 6.07) is 3.51. The van der Waals surface area contributed by atoms with Crippen LogP contribution >= 0.6 is 0 Å². The van der Waals surface area contributed by atoms with Gasteiger partial charge >= 0.3 is 0 Å². The minimum atomic E-state index is -0.544. The Balaban J connectivity index is 1.74. The van der Waals surface area contributed by atoms with Gasteiger partial charge in [-0.2, -0.15) is 0 Å². The minimum Gasteiger partial charge on any atom is -0.384 e. The van der Waals surface area contributed by atoms with Gasteiger partial charge in [0.1, 0.15) is 11.6 Å². The SMILES string of the molecule is CN1CCN(CCNc2cc(F)cc(F)c2)CC1. The van der Waals surface area contributed by atoms with Gasteiger partial charge in [-0.3, -0.25) is 4.90 Å². The largest absolute Gasteiger partial charge is 0.384 e. The van der Waals surface area contributed by atoms with Gasteiger partial charge in [-0.15, -0.1) is 0 Å². The second-order valence-electron chi connectivity index (χ2n) is 4.73. The van der Waals surface area contributed by atoms with E-state index in [0.717, 1.165) is 38.8 Å². The number of halogens is 2. The van der Waals surface area contributed by atoms with E-state index in [1.807, 2.05) is 0 Å². The van der Waals surface area contributed by atoms with E-state index < -0.39 is 11.6 Å². The molecule has 0 bridgehead atoms. The monoisotopic (exact) mass is 255 g/mol. The van der Waals surface area contributed by atoms with Crippen LogP contribution in [0.4, 0.5) is 14.5 Å². The maximum absolute atomic E-state index is 13.0. The van der Waals surface area contributed by atoms with Crippen LogP contribution in [0.5, 0.6) is 0 Å². The molecule has 0 atom stereocenters. The van der Waals surface area contributed by atoms with Crippen molar-refractivity contribution in [3.63, 3.8) is 0 Å². The van der Waals surface area contributed by atoms with Crippen LogP contribution in [0.25, 0.3) is 0 Å². The Morgan fingerprint density at radius 3 is 2.28 bits per heavy atom. The zero-order valence-electron chi connectivity index (χ0n) is 10.6. The lowest BCUT2D eigenvalue weighted by atomic mass is 10.3. The summed E-state index contributed by atoms with van der Waals surface area (Å²) >= 11 is 0. The number of piperazine rings is 1. The summed E-state index contributed by atoms with van der Waals surface area (Å²) < 4.78 is 25.9. The number of nitrogens with zero attached hydrogens (tertiary/aromatic N) is 2. The van der Waals surface area contributed by atoms with Crippen molar-refractivity contribution in [1.29, 1.82) is 0 Å². The van der Waals surface area contributed by atoms with Gasteiger partial charge in [0.05, 0.1) is 0 Å². The molecule has 1 aliphatic rings. The van der Waals surface area contributed by atoms with Gasteiger partial charge < -0.3 is 10.2 Å². The first-order valence-corrected chi connectivity index (χ1v) is 6.24. The molecule has 3 nitrogen and oxygen atoms in total. The van der Waals surface area contributed by atoms with Gasteiger partial charge in [0, 0.05) is 51.0 Å². The fourth-order valence-electron chi connectivity index (χ4n) is 2.09. The third-order valence-corrected chi connectivity index (χ3v) is 3.22. The van der Waals surface area contributed by atoms with E-state index in [2.05, 4.69) is 22.2 Å². The Labute approximate surface area is 106 Å². The molecule has 5 heteroatoms. The summed E-state index contributed by atoms with van der Waals surface area (Å²) in [4.78, 5) is 4.65. The third-order valence-electron chi connectivity index (χ3n) is 3.22. The molecule has 2 rings (SSSR count). The summed E-state index contributed by atoms with van der Waals surface area (Å²) in [5.41, 5.74) is 0.502. The first-order valence-electron chi connectivity index (χ1n) is 6.24. The smallest absolute Gasteiger partial charge is 0.128 e. The van der Waals surface area contributed by atoms with Crippen LogP contribution in [-0.4, -0.2) is 56.1 Å². The van der Waals surface area contributed by atoms with Gasteiger partial charge in [-0.1, -0.05) is 0 Å². The Morgan fingerprint density at radius 1 is 1.06 bits per heavy atom. The van der Waals surface area contributed by atoms with Gasteiger partial charge in [-0.25, -0.2) is 8.78 Å². The summed E-state index contributed by atoms with van der Waals surface area (Å²) in [7, 11) is 2.12. The number of nitrogens with one attached hydrogen (secondary N) is 1. The number of hydrogen-bond donors (Lipinski definition) is 1. The van der Waals surface area contributed by atoms with Crippen LogP contribution in [0.3, 0.4) is 0 Å². The maximum Gasteiger partial charge on any atom is 0.128 e. The molecule has 18 heavy (non-hydrogen) atoms. The third kappa shape index (κ3) is 3.92.